The average molecular weight is 829 g/mol. The molecule has 0 spiro atoms. The van der Waals surface area contributed by atoms with E-state index in [4.69, 9.17) is 42.6 Å². The van der Waals surface area contributed by atoms with Gasteiger partial charge in [0.15, 0.2) is 6.29 Å². The first-order valence-corrected chi connectivity index (χ1v) is 17.5. The number of aliphatic hydroxyl groups is 17. The standard InChI is InChI=1S/C30H52O26/c31-1-10-16(38)22(44)27(6-35,52-10)49-8-29(24(46)18(40)12(3-33)54-29)48-5-14-15(37)20(42)21(43)26(51-14)56-30(25(47)19(41)13(4-34)55-30)9-50-28(7-36)23(45)17(39)11(2-32)53-28/h10-26,31-47H,1-9H2/t10-,11-,12-,13-,14-,15-,16-,17-,18-,19-,20+,21-,22+,23+,24+,25+,26+,27+,28+,29-,30-/m1/s1. The molecule has 0 saturated carbocycles. The second-order valence-corrected chi connectivity index (χ2v) is 14.2. The number of hydrogen-bond acceptors (Lipinski definition) is 26. The zero-order chi connectivity index (χ0) is 41.5. The predicted molar refractivity (Wildman–Crippen MR) is 167 cm³/mol. The van der Waals surface area contributed by atoms with Gasteiger partial charge in [0, 0.05) is 0 Å². The molecule has 5 heterocycles. The van der Waals surface area contributed by atoms with E-state index in [9.17, 15) is 86.8 Å². The highest BCUT2D eigenvalue weighted by atomic mass is 16.8. The van der Waals surface area contributed by atoms with Crippen molar-refractivity contribution in [2.45, 2.75) is 127 Å². The first-order chi connectivity index (χ1) is 26.4. The summed E-state index contributed by atoms with van der Waals surface area (Å²) in [6.45, 7) is -9.08. The molecule has 0 aromatic carbocycles. The fourth-order valence-electron chi connectivity index (χ4n) is 7.16. The van der Waals surface area contributed by atoms with E-state index < -0.39 is 187 Å². The SMILES string of the molecule is OC[C@H]1O[C@](CO)(OC[C@]2(O[C@@H]3O[C@H](CO[C@]4(CO[C@@]5(CO)O[C@H](CO)[C@@H](O)[C@@H]5O)O[C@H](CO)[C@@H](O)[C@@H]4O)[C@@H](O)[C@H](O)[C@H]3O)O[C@H](CO)[C@@H](O)[C@@H]2O)[C@@H](O)[C@@H]1O. The quantitative estimate of drug-likeness (QED) is 0.0647. The summed E-state index contributed by atoms with van der Waals surface area (Å²) in [7, 11) is 0. The Morgan fingerprint density at radius 1 is 0.375 bits per heavy atom. The van der Waals surface area contributed by atoms with Crippen LogP contribution in [-0.2, 0) is 42.6 Å². The summed E-state index contributed by atoms with van der Waals surface area (Å²) < 4.78 is 50.0. The van der Waals surface area contributed by atoms with Crippen LogP contribution >= 0.6 is 0 Å². The van der Waals surface area contributed by atoms with Crippen molar-refractivity contribution in [1.29, 1.82) is 0 Å². The van der Waals surface area contributed by atoms with Gasteiger partial charge in [0.25, 0.3) is 0 Å². The van der Waals surface area contributed by atoms with Crippen molar-refractivity contribution in [3.05, 3.63) is 0 Å². The van der Waals surface area contributed by atoms with Gasteiger partial charge in [-0.2, -0.15) is 0 Å². The Hall–Kier alpha value is -1.04. The molecule has 0 aliphatic carbocycles. The second-order valence-electron chi connectivity index (χ2n) is 14.2. The van der Waals surface area contributed by atoms with Crippen LogP contribution in [0.4, 0.5) is 0 Å². The predicted octanol–water partition coefficient (Wildman–Crippen LogP) is -11.9. The molecule has 26 nitrogen and oxygen atoms in total. The zero-order valence-electron chi connectivity index (χ0n) is 29.5. The summed E-state index contributed by atoms with van der Waals surface area (Å²) >= 11 is 0. The first kappa shape index (κ1) is 46.0. The zero-order valence-corrected chi connectivity index (χ0v) is 29.5. The van der Waals surface area contributed by atoms with Crippen LogP contribution < -0.4 is 0 Å². The van der Waals surface area contributed by atoms with E-state index in [2.05, 4.69) is 0 Å². The lowest BCUT2D eigenvalue weighted by molar-refractivity contribution is -0.404. The molecular formula is C30H52O26. The van der Waals surface area contributed by atoms with E-state index in [0.717, 1.165) is 0 Å². The van der Waals surface area contributed by atoms with E-state index in [1.54, 1.807) is 0 Å². The van der Waals surface area contributed by atoms with Gasteiger partial charge in [-0.25, -0.2) is 0 Å². The minimum absolute atomic E-state index is 0.829. The van der Waals surface area contributed by atoms with Crippen LogP contribution in [0.3, 0.4) is 0 Å². The third-order valence-electron chi connectivity index (χ3n) is 10.7. The van der Waals surface area contributed by atoms with E-state index in [1.807, 2.05) is 0 Å². The molecule has 17 N–H and O–H groups in total. The minimum atomic E-state index is -2.74. The van der Waals surface area contributed by atoms with Crippen molar-refractivity contribution in [3.63, 3.8) is 0 Å². The number of rotatable bonds is 17. The lowest BCUT2D eigenvalue weighted by Crippen LogP contribution is -2.64. The fraction of sp³-hybridized carbons (Fsp3) is 1.00. The smallest absolute Gasteiger partial charge is 0.224 e. The Bertz CT molecular complexity index is 1270. The Labute approximate surface area is 316 Å². The summed E-state index contributed by atoms with van der Waals surface area (Å²) in [4.78, 5) is 0. The highest BCUT2D eigenvalue weighted by molar-refractivity contribution is 5.03. The molecule has 56 heavy (non-hydrogen) atoms. The van der Waals surface area contributed by atoms with Gasteiger partial charge in [0.2, 0.25) is 23.1 Å². The van der Waals surface area contributed by atoms with Crippen LogP contribution in [0.15, 0.2) is 0 Å². The summed E-state index contributed by atoms with van der Waals surface area (Å²) in [5.74, 6) is -10.3. The van der Waals surface area contributed by atoms with E-state index >= 15 is 0 Å². The van der Waals surface area contributed by atoms with Crippen LogP contribution in [-0.4, -0.2) is 273 Å². The van der Waals surface area contributed by atoms with Crippen molar-refractivity contribution in [3.8, 4) is 0 Å². The highest BCUT2D eigenvalue weighted by Gasteiger charge is 2.64. The van der Waals surface area contributed by atoms with Crippen LogP contribution in [0.1, 0.15) is 0 Å². The molecule has 5 rings (SSSR count). The molecule has 0 radical (unpaired) electrons. The van der Waals surface area contributed by atoms with Crippen molar-refractivity contribution in [2.24, 2.45) is 0 Å². The van der Waals surface area contributed by atoms with Gasteiger partial charge in [-0.05, 0) is 0 Å². The molecule has 0 aromatic rings. The molecule has 26 heteroatoms. The van der Waals surface area contributed by atoms with Gasteiger partial charge < -0.3 is 129 Å². The second kappa shape index (κ2) is 17.9. The molecule has 21 atom stereocenters. The Morgan fingerprint density at radius 2 is 0.732 bits per heavy atom. The summed E-state index contributed by atoms with van der Waals surface area (Å²) in [5.41, 5.74) is 0. The molecule has 0 amide bonds. The highest BCUT2D eigenvalue weighted by Crippen LogP contribution is 2.42. The summed E-state index contributed by atoms with van der Waals surface area (Å²) in [6, 6.07) is 0. The molecule has 0 aromatic heterocycles. The van der Waals surface area contributed by atoms with Gasteiger partial charge in [-0.1, -0.05) is 0 Å². The number of ether oxygens (including phenoxy) is 9. The largest absolute Gasteiger partial charge is 0.394 e. The van der Waals surface area contributed by atoms with E-state index in [-0.39, 0.29) is 0 Å². The van der Waals surface area contributed by atoms with Crippen LogP contribution in [0, 0.1) is 0 Å². The monoisotopic (exact) mass is 828 g/mol. The molecule has 5 saturated heterocycles. The third-order valence-corrected chi connectivity index (χ3v) is 10.7. The van der Waals surface area contributed by atoms with Crippen LogP contribution in [0.25, 0.3) is 0 Å². The maximum atomic E-state index is 11.1. The fourth-order valence-corrected chi connectivity index (χ4v) is 7.16. The normalized spacial score (nSPS) is 52.3. The molecular weight excluding hydrogens is 776 g/mol. The van der Waals surface area contributed by atoms with Crippen molar-refractivity contribution < 1.29 is 129 Å². The minimum Gasteiger partial charge on any atom is -0.394 e. The maximum absolute atomic E-state index is 11.1. The first-order valence-electron chi connectivity index (χ1n) is 17.5. The topological polar surface area (TPSA) is 427 Å². The van der Waals surface area contributed by atoms with Crippen molar-refractivity contribution in [1.82, 2.24) is 0 Å². The average Bonchev–Trinajstić information content (AvgIpc) is 3.80. The molecule has 328 valence electrons. The van der Waals surface area contributed by atoms with Gasteiger partial charge in [-0.3, -0.25) is 0 Å². The Morgan fingerprint density at radius 3 is 1.12 bits per heavy atom. The van der Waals surface area contributed by atoms with Gasteiger partial charge in [0.05, 0.1) is 33.0 Å². The maximum Gasteiger partial charge on any atom is 0.224 e. The van der Waals surface area contributed by atoms with Crippen LogP contribution in [0.5, 0.6) is 0 Å². The molecule has 0 unspecified atom stereocenters. The van der Waals surface area contributed by atoms with Crippen molar-refractivity contribution >= 4 is 0 Å². The number of aliphatic hydroxyl groups excluding tert-OH is 17. The van der Waals surface area contributed by atoms with E-state index in [1.165, 1.54) is 0 Å². The van der Waals surface area contributed by atoms with Gasteiger partial charge in [0.1, 0.15) is 124 Å². The third kappa shape index (κ3) is 7.97. The summed E-state index contributed by atoms with van der Waals surface area (Å²) in [6.07, 6.45) is -32.4. The van der Waals surface area contributed by atoms with Gasteiger partial charge >= 0.3 is 0 Å². The lowest BCUT2D eigenvalue weighted by Gasteiger charge is -2.45. The molecule has 0 bridgehead atoms. The molecule has 5 aliphatic heterocycles. The molecule has 5 fully saturated rings. The number of hydrogen-bond donors (Lipinski definition) is 17. The molecule has 5 aliphatic rings. The lowest BCUT2D eigenvalue weighted by atomic mass is 9.98. The van der Waals surface area contributed by atoms with Crippen LogP contribution in [0.2, 0.25) is 0 Å². The Kier molecular flexibility index (Phi) is 14.7. The van der Waals surface area contributed by atoms with Gasteiger partial charge in [-0.15, -0.1) is 0 Å². The summed E-state index contributed by atoms with van der Waals surface area (Å²) in [5, 5.41) is 176. The van der Waals surface area contributed by atoms with Crippen molar-refractivity contribution in [2.75, 3.05) is 59.5 Å². The van der Waals surface area contributed by atoms with E-state index in [0.29, 0.717) is 0 Å². The Balaban J connectivity index is 1.38.